The Bertz CT molecular complexity index is 1110. The maximum atomic E-state index is 12.0. The molecule has 32 heavy (non-hydrogen) atoms. The molecule has 1 saturated heterocycles. The van der Waals surface area contributed by atoms with E-state index in [1.807, 2.05) is 30.3 Å². The number of nitriles is 1. The first-order chi connectivity index (χ1) is 15.6. The largest absolute Gasteiger partial charge is 0.457 e. The van der Waals surface area contributed by atoms with Gasteiger partial charge in [0, 0.05) is 19.1 Å². The molecular formula is C24H23N5O3. The topological polar surface area (TPSA) is 114 Å². The van der Waals surface area contributed by atoms with Crippen LogP contribution in [0.15, 0.2) is 66.9 Å². The van der Waals surface area contributed by atoms with Crippen LogP contribution in [0.25, 0.3) is 0 Å². The van der Waals surface area contributed by atoms with E-state index in [1.54, 1.807) is 41.4 Å². The highest BCUT2D eigenvalue weighted by Gasteiger charge is 2.20. The number of hydrogen-bond acceptors (Lipinski definition) is 7. The number of amides is 1. The van der Waals surface area contributed by atoms with Crippen LogP contribution in [0.2, 0.25) is 0 Å². The van der Waals surface area contributed by atoms with Gasteiger partial charge in [-0.05, 0) is 55.3 Å². The zero-order valence-corrected chi connectivity index (χ0v) is 17.4. The SMILES string of the molecule is N#CN1CCCC(Nc2cnc(Oc3ccc(Oc4ccccc4)cc3)c(C(N)=O)c2)C1. The lowest BCUT2D eigenvalue weighted by atomic mass is 10.1. The number of nitrogens with one attached hydrogen (secondary N) is 1. The molecule has 0 spiro atoms. The number of nitrogens with two attached hydrogens (primary N) is 1. The van der Waals surface area contributed by atoms with Crippen molar-refractivity contribution in [1.29, 1.82) is 5.26 Å². The number of likely N-dealkylation sites (tertiary alicyclic amines) is 1. The van der Waals surface area contributed by atoms with Crippen LogP contribution in [-0.2, 0) is 0 Å². The number of anilines is 1. The lowest BCUT2D eigenvalue weighted by Crippen LogP contribution is -2.39. The first-order valence-corrected chi connectivity index (χ1v) is 10.3. The van der Waals surface area contributed by atoms with Crippen molar-refractivity contribution in [1.82, 2.24) is 9.88 Å². The summed E-state index contributed by atoms with van der Waals surface area (Å²) < 4.78 is 11.6. The van der Waals surface area contributed by atoms with Crippen LogP contribution in [0, 0.1) is 11.5 Å². The predicted molar refractivity (Wildman–Crippen MR) is 120 cm³/mol. The molecule has 1 aliphatic rings. The van der Waals surface area contributed by atoms with E-state index in [2.05, 4.69) is 16.5 Å². The van der Waals surface area contributed by atoms with Gasteiger partial charge in [-0.25, -0.2) is 4.98 Å². The summed E-state index contributed by atoms with van der Waals surface area (Å²) in [5.41, 5.74) is 6.39. The van der Waals surface area contributed by atoms with Gasteiger partial charge >= 0.3 is 0 Å². The number of ether oxygens (including phenoxy) is 2. The van der Waals surface area contributed by atoms with Crippen molar-refractivity contribution in [2.45, 2.75) is 18.9 Å². The van der Waals surface area contributed by atoms with Gasteiger partial charge in [0.05, 0.1) is 11.9 Å². The number of carbonyl (C=O) groups is 1. The number of pyridine rings is 1. The molecule has 0 saturated carbocycles. The second kappa shape index (κ2) is 9.71. The normalized spacial score (nSPS) is 15.5. The Morgan fingerprint density at radius 1 is 1.09 bits per heavy atom. The third kappa shape index (κ3) is 5.26. The lowest BCUT2D eigenvalue weighted by Gasteiger charge is -2.30. The second-order valence-corrected chi connectivity index (χ2v) is 7.46. The van der Waals surface area contributed by atoms with Gasteiger partial charge in [0.2, 0.25) is 5.88 Å². The summed E-state index contributed by atoms with van der Waals surface area (Å²) in [7, 11) is 0. The van der Waals surface area contributed by atoms with Crippen molar-refractivity contribution in [3.8, 4) is 29.3 Å². The van der Waals surface area contributed by atoms with E-state index >= 15 is 0 Å². The summed E-state index contributed by atoms with van der Waals surface area (Å²) in [5, 5.41) is 12.4. The molecule has 0 bridgehead atoms. The van der Waals surface area contributed by atoms with Crippen molar-refractivity contribution in [3.63, 3.8) is 0 Å². The van der Waals surface area contributed by atoms with Gasteiger partial charge < -0.3 is 25.4 Å². The third-order valence-corrected chi connectivity index (χ3v) is 5.07. The van der Waals surface area contributed by atoms with Gasteiger partial charge in [-0.1, -0.05) is 18.2 Å². The van der Waals surface area contributed by atoms with Crippen molar-refractivity contribution in [2.24, 2.45) is 5.73 Å². The van der Waals surface area contributed by atoms with E-state index in [-0.39, 0.29) is 17.5 Å². The molecule has 1 atom stereocenters. The minimum Gasteiger partial charge on any atom is -0.457 e. The molecular weight excluding hydrogens is 406 g/mol. The van der Waals surface area contributed by atoms with E-state index in [9.17, 15) is 4.79 Å². The minimum absolute atomic E-state index is 0.0925. The Labute approximate surface area is 186 Å². The Kier molecular flexibility index (Phi) is 6.37. The highest BCUT2D eigenvalue weighted by atomic mass is 16.5. The number of piperidine rings is 1. The van der Waals surface area contributed by atoms with E-state index in [0.717, 1.165) is 25.1 Å². The quantitative estimate of drug-likeness (QED) is 0.543. The number of nitrogens with zero attached hydrogens (tertiary/aromatic N) is 3. The number of hydrogen-bond donors (Lipinski definition) is 2. The fraction of sp³-hybridized carbons (Fsp3) is 0.208. The van der Waals surface area contributed by atoms with Gasteiger partial charge in [-0.3, -0.25) is 4.79 Å². The summed E-state index contributed by atoms with van der Waals surface area (Å²) >= 11 is 0. The van der Waals surface area contributed by atoms with E-state index in [4.69, 9.17) is 20.5 Å². The molecule has 162 valence electrons. The minimum atomic E-state index is -0.637. The average molecular weight is 429 g/mol. The van der Waals surface area contributed by atoms with E-state index in [0.29, 0.717) is 23.7 Å². The molecule has 1 aliphatic heterocycles. The van der Waals surface area contributed by atoms with Crippen LogP contribution in [0.3, 0.4) is 0 Å². The van der Waals surface area contributed by atoms with Crippen molar-refractivity contribution in [3.05, 3.63) is 72.4 Å². The fourth-order valence-corrected chi connectivity index (χ4v) is 3.52. The van der Waals surface area contributed by atoms with E-state index < -0.39 is 5.91 Å². The lowest BCUT2D eigenvalue weighted by molar-refractivity contribution is 0.0997. The standard InChI is InChI=1S/C24H23N5O3/c25-16-29-12-4-5-17(15-29)28-18-13-22(23(26)30)24(27-14-18)32-21-10-8-20(9-11-21)31-19-6-2-1-3-7-19/h1-3,6-11,13-14,17,28H,4-5,12,15H2,(H2,26,30). The van der Waals surface area contributed by atoms with Crippen LogP contribution < -0.4 is 20.5 Å². The highest BCUT2D eigenvalue weighted by molar-refractivity contribution is 5.96. The molecule has 2 aromatic carbocycles. The molecule has 8 nitrogen and oxygen atoms in total. The molecule has 1 fully saturated rings. The summed E-state index contributed by atoms with van der Waals surface area (Å²) in [6.45, 7) is 1.37. The molecule has 2 heterocycles. The molecule has 1 aromatic heterocycles. The maximum Gasteiger partial charge on any atom is 0.254 e. The maximum absolute atomic E-state index is 12.0. The van der Waals surface area contributed by atoms with Crippen molar-refractivity contribution >= 4 is 11.6 Å². The fourth-order valence-electron chi connectivity index (χ4n) is 3.52. The zero-order valence-electron chi connectivity index (χ0n) is 17.4. The zero-order chi connectivity index (χ0) is 22.3. The molecule has 0 aliphatic carbocycles. The number of rotatable bonds is 7. The predicted octanol–water partition coefficient (Wildman–Crippen LogP) is 4.12. The Hall–Kier alpha value is -4.25. The van der Waals surface area contributed by atoms with Gasteiger partial charge in [-0.15, -0.1) is 0 Å². The molecule has 1 unspecified atom stereocenters. The summed E-state index contributed by atoms with van der Waals surface area (Å²) in [4.78, 5) is 18.0. The van der Waals surface area contributed by atoms with Gasteiger partial charge in [-0.2, -0.15) is 5.26 Å². The molecule has 3 N–H and O–H groups in total. The van der Waals surface area contributed by atoms with Crippen LogP contribution in [-0.4, -0.2) is 34.9 Å². The first-order valence-electron chi connectivity index (χ1n) is 10.3. The monoisotopic (exact) mass is 429 g/mol. The van der Waals surface area contributed by atoms with Gasteiger partial charge in [0.25, 0.3) is 5.91 Å². The molecule has 0 radical (unpaired) electrons. The number of aromatic nitrogens is 1. The molecule has 8 heteroatoms. The summed E-state index contributed by atoms with van der Waals surface area (Å²) in [6.07, 6.45) is 5.63. The van der Waals surface area contributed by atoms with Crippen LogP contribution >= 0.6 is 0 Å². The van der Waals surface area contributed by atoms with E-state index in [1.165, 1.54) is 0 Å². The second-order valence-electron chi connectivity index (χ2n) is 7.46. The Morgan fingerprint density at radius 3 is 2.47 bits per heavy atom. The summed E-state index contributed by atoms with van der Waals surface area (Å²) in [5.74, 6) is 1.38. The Balaban J connectivity index is 1.45. The van der Waals surface area contributed by atoms with Gasteiger partial charge in [0.15, 0.2) is 6.19 Å². The van der Waals surface area contributed by atoms with Gasteiger partial charge in [0.1, 0.15) is 22.8 Å². The van der Waals surface area contributed by atoms with Crippen LogP contribution in [0.1, 0.15) is 23.2 Å². The van der Waals surface area contributed by atoms with Crippen LogP contribution in [0.4, 0.5) is 5.69 Å². The first kappa shape index (κ1) is 21.0. The number of primary amides is 1. The van der Waals surface area contributed by atoms with Crippen molar-refractivity contribution < 1.29 is 14.3 Å². The molecule has 4 rings (SSSR count). The highest BCUT2D eigenvalue weighted by Crippen LogP contribution is 2.29. The van der Waals surface area contributed by atoms with Crippen LogP contribution in [0.5, 0.6) is 23.1 Å². The number of para-hydroxylation sites is 1. The number of benzene rings is 2. The Morgan fingerprint density at radius 2 is 1.78 bits per heavy atom. The molecule has 3 aromatic rings. The van der Waals surface area contributed by atoms with Crippen molar-refractivity contribution in [2.75, 3.05) is 18.4 Å². The summed E-state index contributed by atoms with van der Waals surface area (Å²) in [6, 6.07) is 18.2. The third-order valence-electron chi connectivity index (χ3n) is 5.07. The average Bonchev–Trinajstić information content (AvgIpc) is 2.82. The smallest absolute Gasteiger partial charge is 0.254 e. The molecule has 1 amide bonds. The number of carbonyl (C=O) groups excluding carboxylic acids is 1.